The lowest BCUT2D eigenvalue weighted by Gasteiger charge is -2.22. The average molecular weight is 565 g/mol. The Labute approximate surface area is 235 Å². The van der Waals surface area contributed by atoms with Crippen LogP contribution in [0.4, 0.5) is 5.69 Å². The van der Waals surface area contributed by atoms with Crippen LogP contribution in [0.25, 0.3) is 5.95 Å². The van der Waals surface area contributed by atoms with Gasteiger partial charge in [-0.2, -0.15) is 0 Å². The highest BCUT2D eigenvalue weighted by Gasteiger charge is 2.24. The van der Waals surface area contributed by atoms with E-state index in [-0.39, 0.29) is 11.8 Å². The molecule has 0 aliphatic carbocycles. The van der Waals surface area contributed by atoms with Gasteiger partial charge in [-0.25, -0.2) is 14.8 Å². The summed E-state index contributed by atoms with van der Waals surface area (Å²) in [4.78, 5) is 32.9. The van der Waals surface area contributed by atoms with E-state index in [9.17, 15) is 4.79 Å². The van der Waals surface area contributed by atoms with Crippen molar-refractivity contribution in [2.75, 3.05) is 33.3 Å². The van der Waals surface area contributed by atoms with E-state index in [4.69, 9.17) is 35.3 Å². The zero-order valence-corrected chi connectivity index (χ0v) is 23.0. The molecule has 0 fully saturated rings. The third-order valence-electron chi connectivity index (χ3n) is 5.64. The van der Waals surface area contributed by atoms with Gasteiger partial charge in [0.15, 0.2) is 17.3 Å². The van der Waals surface area contributed by atoms with Gasteiger partial charge in [0.25, 0.3) is 11.9 Å². The first-order chi connectivity index (χ1) is 19.7. The number of aliphatic carboxylic acids is 1. The molecule has 0 saturated heterocycles. The predicted molar refractivity (Wildman–Crippen MR) is 151 cm³/mol. The van der Waals surface area contributed by atoms with E-state index in [1.54, 1.807) is 51.7 Å². The van der Waals surface area contributed by atoms with Crippen LogP contribution in [0.5, 0.6) is 11.5 Å². The number of carboxylic acids is 1. The lowest BCUT2D eigenvalue weighted by molar-refractivity contribution is -0.134. The summed E-state index contributed by atoms with van der Waals surface area (Å²) in [5.41, 5.74) is 8.05. The number of H-pyrrole nitrogens is 1. The van der Waals surface area contributed by atoms with Gasteiger partial charge in [-0.3, -0.25) is 15.2 Å². The maximum absolute atomic E-state index is 12.8. The third kappa shape index (κ3) is 7.89. The van der Waals surface area contributed by atoms with Crippen molar-refractivity contribution in [2.24, 2.45) is 5.73 Å². The van der Waals surface area contributed by atoms with Crippen LogP contribution < -0.4 is 26.2 Å². The number of nitrogens with two attached hydrogens (primary N) is 1. The van der Waals surface area contributed by atoms with Crippen LogP contribution in [0.3, 0.4) is 0 Å². The zero-order chi connectivity index (χ0) is 29.9. The number of aromatic nitrogens is 5. The number of carbonyl (C=O) groups is 1. The van der Waals surface area contributed by atoms with Gasteiger partial charge in [0, 0.05) is 43.2 Å². The van der Waals surface area contributed by atoms with Gasteiger partial charge >= 0.3 is 5.69 Å². The van der Waals surface area contributed by atoms with Crippen LogP contribution in [0.2, 0.25) is 0 Å². The van der Waals surface area contributed by atoms with E-state index in [1.165, 1.54) is 12.4 Å². The first-order valence-corrected chi connectivity index (χ1v) is 12.3. The number of amidine groups is 1. The largest absolute Gasteiger partial charge is 0.493 e. The molecule has 216 valence electrons. The molecule has 1 unspecified atom stereocenters. The Kier molecular flexibility index (Phi) is 10.5. The average Bonchev–Trinajstić information content (AvgIpc) is 3.35. The molecule has 1 atom stereocenters. The number of rotatable bonds is 11. The molecule has 0 saturated carbocycles. The number of anilines is 1. The van der Waals surface area contributed by atoms with Crippen LogP contribution in [0, 0.1) is 5.41 Å². The fraction of sp³-hybridized carbons (Fsp3) is 0.259. The third-order valence-corrected chi connectivity index (χ3v) is 5.64. The molecule has 0 amide bonds. The number of hydrogen-bond acceptors (Lipinski definition) is 10. The second-order valence-electron chi connectivity index (χ2n) is 8.52. The number of carboxylic acid groups (broad SMARTS) is 1. The van der Waals surface area contributed by atoms with Gasteiger partial charge in [-0.15, -0.1) is 9.78 Å². The van der Waals surface area contributed by atoms with Gasteiger partial charge < -0.3 is 30.4 Å². The van der Waals surface area contributed by atoms with Gasteiger partial charge in [-0.05, 0) is 54.4 Å². The highest BCUT2D eigenvalue weighted by atomic mass is 16.5. The van der Waals surface area contributed by atoms with Crippen molar-refractivity contribution in [1.29, 1.82) is 5.41 Å². The lowest BCUT2D eigenvalue weighted by Crippen LogP contribution is -2.18. The summed E-state index contributed by atoms with van der Waals surface area (Å²) in [6.45, 7) is 1.56. The molecule has 41 heavy (non-hydrogen) atoms. The first kappa shape index (κ1) is 30.3. The number of nitrogen functional groups attached to an aromatic ring is 1. The summed E-state index contributed by atoms with van der Waals surface area (Å²) >= 11 is 0. The molecule has 4 rings (SSSR count). The van der Waals surface area contributed by atoms with Gasteiger partial charge in [0.05, 0.1) is 20.8 Å². The number of benzene rings is 2. The van der Waals surface area contributed by atoms with Crippen LogP contribution in [-0.2, 0) is 16.0 Å². The molecule has 0 aliphatic heterocycles. The quantitative estimate of drug-likeness (QED) is 0.132. The Morgan fingerprint density at radius 2 is 1.80 bits per heavy atom. The number of nitrogens with zero attached hydrogens (tertiary/aromatic N) is 4. The Hall–Kier alpha value is -5.24. The molecule has 4 aromatic rings. The molecule has 2 aromatic carbocycles. The Morgan fingerprint density at radius 1 is 1.15 bits per heavy atom. The van der Waals surface area contributed by atoms with Crippen LogP contribution >= 0.6 is 0 Å². The fourth-order valence-electron chi connectivity index (χ4n) is 3.86. The highest BCUT2D eigenvalue weighted by Crippen LogP contribution is 2.37. The molecule has 6 N–H and O–H groups in total. The minimum absolute atomic E-state index is 0.0308. The first-order valence-electron chi connectivity index (χ1n) is 12.3. The molecule has 2 aromatic heterocycles. The molecule has 0 radical (unpaired) electrons. The smallest absolute Gasteiger partial charge is 0.350 e. The van der Waals surface area contributed by atoms with Crippen molar-refractivity contribution in [1.82, 2.24) is 24.7 Å². The fourth-order valence-corrected chi connectivity index (χ4v) is 3.86. The number of ether oxygens (including phenoxy) is 3. The number of methoxy groups -OCH3 is 3. The SMILES string of the molecule is CC(=O)O.COCCc1cc(C(Nc2ccc(C(=N)N)cc2)c2nn(-c3ncccn3)c(=O)[nH]2)cc(OC)c1OC. The van der Waals surface area contributed by atoms with Crippen LogP contribution in [0.15, 0.2) is 59.7 Å². The van der Waals surface area contributed by atoms with Crippen molar-refractivity contribution in [3.05, 3.63) is 87.9 Å². The summed E-state index contributed by atoms with van der Waals surface area (Å²) in [6, 6.07) is 11.9. The number of hydrogen-bond donors (Lipinski definition) is 5. The predicted octanol–water partition coefficient (Wildman–Crippen LogP) is 2.13. The molecule has 14 nitrogen and oxygen atoms in total. The van der Waals surface area contributed by atoms with E-state index >= 15 is 0 Å². The second kappa shape index (κ2) is 14.2. The minimum Gasteiger partial charge on any atom is -0.493 e. The van der Waals surface area contributed by atoms with E-state index in [0.29, 0.717) is 35.9 Å². The van der Waals surface area contributed by atoms with Gasteiger partial charge in [0.1, 0.15) is 11.9 Å². The van der Waals surface area contributed by atoms with Crippen molar-refractivity contribution in [3.8, 4) is 17.4 Å². The zero-order valence-electron chi connectivity index (χ0n) is 23.0. The van der Waals surface area contributed by atoms with Crippen molar-refractivity contribution in [3.63, 3.8) is 0 Å². The maximum atomic E-state index is 12.8. The van der Waals surface area contributed by atoms with Gasteiger partial charge in [-0.1, -0.05) is 0 Å². The van der Waals surface area contributed by atoms with Crippen molar-refractivity contribution < 1.29 is 24.1 Å². The monoisotopic (exact) mass is 564 g/mol. The molecule has 2 heterocycles. The topological polar surface area (TPSA) is 203 Å². The molecule has 0 spiro atoms. The maximum Gasteiger partial charge on any atom is 0.350 e. The summed E-state index contributed by atoms with van der Waals surface area (Å²) in [5, 5.41) is 23.0. The van der Waals surface area contributed by atoms with E-state index in [1.807, 2.05) is 12.1 Å². The van der Waals surface area contributed by atoms with E-state index in [0.717, 1.165) is 28.4 Å². The second-order valence-corrected chi connectivity index (χ2v) is 8.52. The van der Waals surface area contributed by atoms with Crippen LogP contribution in [-0.4, -0.2) is 69.6 Å². The van der Waals surface area contributed by atoms with E-state index in [2.05, 4.69) is 25.4 Å². The minimum atomic E-state index is -0.833. The van der Waals surface area contributed by atoms with E-state index < -0.39 is 17.7 Å². The molecule has 0 aliphatic rings. The normalized spacial score (nSPS) is 11.1. The summed E-state index contributed by atoms with van der Waals surface area (Å²) < 4.78 is 17.6. The summed E-state index contributed by atoms with van der Waals surface area (Å²) in [5.74, 6) is 0.741. The Morgan fingerprint density at radius 3 is 2.37 bits per heavy atom. The molecular formula is C27H32N8O6. The van der Waals surface area contributed by atoms with Crippen molar-refractivity contribution in [2.45, 2.75) is 19.4 Å². The highest BCUT2D eigenvalue weighted by molar-refractivity contribution is 5.95. The number of aromatic amines is 1. The summed E-state index contributed by atoms with van der Waals surface area (Å²) in [7, 11) is 4.78. The Balaban J connectivity index is 0.00000108. The number of nitrogens with one attached hydrogen (secondary N) is 3. The lowest BCUT2D eigenvalue weighted by atomic mass is 9.99. The summed E-state index contributed by atoms with van der Waals surface area (Å²) in [6.07, 6.45) is 3.64. The molecule has 14 heteroatoms. The van der Waals surface area contributed by atoms with Crippen LogP contribution in [0.1, 0.15) is 35.5 Å². The molecular weight excluding hydrogens is 532 g/mol. The molecule has 0 bridgehead atoms. The van der Waals surface area contributed by atoms with Gasteiger partial charge in [0.2, 0.25) is 0 Å². The Bertz CT molecular complexity index is 1520. The van der Waals surface area contributed by atoms with Crippen molar-refractivity contribution >= 4 is 17.5 Å². The standard InChI is InChI=1S/C25H28N8O4.C2H4O2/c1-35-12-9-16-13-17(14-19(36-2)21(16)37-3)20(30-18-7-5-15(6-8-18)22(26)27)23-31-25(34)33(32-23)24-28-10-4-11-29-24;1-2(3)4/h4-8,10-11,13-14,20,30H,9,12H2,1-3H3,(H3,26,27)(H,31,32,34);1H3,(H,3,4).